The first kappa shape index (κ1) is 22.2. The third kappa shape index (κ3) is 4.30. The number of hydrogen-bond acceptors (Lipinski definition) is 3. The number of aryl methyl sites for hydroxylation is 1. The summed E-state index contributed by atoms with van der Waals surface area (Å²) in [6.45, 7) is 0.940. The van der Waals surface area contributed by atoms with Gasteiger partial charge in [0.1, 0.15) is 5.69 Å². The van der Waals surface area contributed by atoms with Crippen LogP contribution in [0, 0.1) is 0 Å². The quantitative estimate of drug-likeness (QED) is 0.619. The normalized spacial score (nSPS) is 17.8. The van der Waals surface area contributed by atoms with Gasteiger partial charge >= 0.3 is 6.18 Å². The van der Waals surface area contributed by atoms with Gasteiger partial charge in [-0.05, 0) is 48.1 Å². The smallest absolute Gasteiger partial charge is 0.344 e. The minimum absolute atomic E-state index is 0.0944. The predicted molar refractivity (Wildman–Crippen MR) is 118 cm³/mol. The Balaban J connectivity index is 1.28. The zero-order valence-corrected chi connectivity index (χ0v) is 18.3. The van der Waals surface area contributed by atoms with Crippen LogP contribution < -0.4 is 5.32 Å². The van der Waals surface area contributed by atoms with Gasteiger partial charge in [0.2, 0.25) is 0 Å². The number of nitrogens with one attached hydrogen (secondary N) is 1. The molecule has 2 heterocycles. The maximum absolute atomic E-state index is 13.0. The molecule has 34 heavy (non-hydrogen) atoms. The summed E-state index contributed by atoms with van der Waals surface area (Å²) in [6, 6.07) is 14.2. The number of amides is 2. The molecule has 1 N–H and O–H groups in total. The average molecular weight is 468 g/mol. The molecule has 0 saturated carbocycles. The number of rotatable bonds is 4. The molecule has 1 aliphatic heterocycles. The standard InChI is InChI=1S/C25H23F3N4O2/c26-25(27,28)18-10-8-16(9-11-18)15-31-12-13-32-22(24(31)34)14-21(30-32)23(33)29-20-7-3-5-17-4-1-2-6-19(17)20/h1-2,4,6,8-11,14,20H,3,5,7,12-13,15H2,(H,29,33)/t20-/m1/s1. The molecule has 1 aromatic heterocycles. The molecule has 2 amide bonds. The third-order valence-electron chi connectivity index (χ3n) is 6.43. The first-order valence-electron chi connectivity index (χ1n) is 11.2. The van der Waals surface area contributed by atoms with Gasteiger partial charge in [0.15, 0.2) is 5.69 Å². The Kier molecular flexibility index (Phi) is 5.63. The van der Waals surface area contributed by atoms with Gasteiger partial charge in [0.25, 0.3) is 11.8 Å². The van der Waals surface area contributed by atoms with Gasteiger partial charge in [-0.15, -0.1) is 0 Å². The van der Waals surface area contributed by atoms with Crippen LogP contribution in [-0.4, -0.2) is 33.0 Å². The van der Waals surface area contributed by atoms with E-state index in [1.54, 1.807) is 4.90 Å². The number of fused-ring (bicyclic) bond motifs is 2. The number of carbonyl (C=O) groups excluding carboxylic acids is 2. The van der Waals surface area contributed by atoms with E-state index in [0.717, 1.165) is 37.0 Å². The van der Waals surface area contributed by atoms with E-state index in [2.05, 4.69) is 16.5 Å². The molecule has 1 aliphatic carbocycles. The molecular weight excluding hydrogens is 445 g/mol. The lowest BCUT2D eigenvalue weighted by atomic mass is 9.87. The molecule has 0 radical (unpaired) electrons. The molecule has 0 saturated heterocycles. The highest BCUT2D eigenvalue weighted by atomic mass is 19.4. The van der Waals surface area contributed by atoms with Crippen LogP contribution in [0.1, 0.15) is 62.1 Å². The van der Waals surface area contributed by atoms with Crippen LogP contribution in [0.2, 0.25) is 0 Å². The zero-order chi connectivity index (χ0) is 23.9. The van der Waals surface area contributed by atoms with E-state index in [1.165, 1.54) is 28.4 Å². The van der Waals surface area contributed by atoms with Gasteiger partial charge in [-0.3, -0.25) is 14.3 Å². The highest BCUT2D eigenvalue weighted by Crippen LogP contribution is 2.30. The SMILES string of the molecule is O=C(N[C@@H]1CCCc2ccccc21)c1cc2n(n1)CCN(Cc1ccc(C(F)(F)F)cc1)C2=O. The summed E-state index contributed by atoms with van der Waals surface area (Å²) < 4.78 is 39.9. The zero-order valence-electron chi connectivity index (χ0n) is 18.3. The second kappa shape index (κ2) is 8.62. The number of aromatic nitrogens is 2. The molecule has 2 aliphatic rings. The minimum atomic E-state index is -4.40. The van der Waals surface area contributed by atoms with Crippen molar-refractivity contribution in [3.63, 3.8) is 0 Å². The highest BCUT2D eigenvalue weighted by Gasteiger charge is 2.31. The van der Waals surface area contributed by atoms with E-state index < -0.39 is 11.7 Å². The van der Waals surface area contributed by atoms with Crippen molar-refractivity contribution in [2.45, 2.75) is 44.6 Å². The second-order valence-corrected chi connectivity index (χ2v) is 8.68. The van der Waals surface area contributed by atoms with Crippen molar-refractivity contribution in [1.82, 2.24) is 20.0 Å². The van der Waals surface area contributed by atoms with Crippen LogP contribution in [-0.2, 0) is 25.7 Å². The highest BCUT2D eigenvalue weighted by molar-refractivity contribution is 5.98. The Labute approximate surface area is 194 Å². The average Bonchev–Trinajstić information content (AvgIpc) is 3.26. The Morgan fingerprint density at radius 3 is 2.62 bits per heavy atom. The van der Waals surface area contributed by atoms with Crippen LogP contribution in [0.4, 0.5) is 13.2 Å². The molecular formula is C25H23F3N4O2. The van der Waals surface area contributed by atoms with Gasteiger partial charge in [-0.2, -0.15) is 18.3 Å². The lowest BCUT2D eigenvalue weighted by Gasteiger charge is -2.27. The second-order valence-electron chi connectivity index (χ2n) is 8.68. The number of alkyl halides is 3. The topological polar surface area (TPSA) is 67.2 Å². The van der Waals surface area contributed by atoms with Crippen LogP contribution in [0.25, 0.3) is 0 Å². The summed E-state index contributed by atoms with van der Waals surface area (Å²) in [6.07, 6.45) is -1.58. The van der Waals surface area contributed by atoms with Gasteiger partial charge in [-0.25, -0.2) is 0 Å². The van der Waals surface area contributed by atoms with E-state index >= 15 is 0 Å². The first-order valence-corrected chi connectivity index (χ1v) is 11.2. The van der Waals surface area contributed by atoms with Gasteiger partial charge in [0.05, 0.1) is 18.2 Å². The fourth-order valence-electron chi connectivity index (χ4n) is 4.66. The van der Waals surface area contributed by atoms with Crippen molar-refractivity contribution < 1.29 is 22.8 Å². The van der Waals surface area contributed by atoms with E-state index in [0.29, 0.717) is 24.3 Å². The summed E-state index contributed by atoms with van der Waals surface area (Å²) in [4.78, 5) is 27.5. The Morgan fingerprint density at radius 2 is 1.85 bits per heavy atom. The monoisotopic (exact) mass is 468 g/mol. The maximum atomic E-state index is 13.0. The van der Waals surface area contributed by atoms with Gasteiger partial charge < -0.3 is 10.2 Å². The van der Waals surface area contributed by atoms with Gasteiger partial charge in [-0.1, -0.05) is 36.4 Å². The van der Waals surface area contributed by atoms with E-state index in [9.17, 15) is 22.8 Å². The largest absolute Gasteiger partial charge is 0.416 e. The molecule has 6 nitrogen and oxygen atoms in total. The molecule has 176 valence electrons. The molecule has 9 heteroatoms. The lowest BCUT2D eigenvalue weighted by Crippen LogP contribution is -2.39. The molecule has 0 fully saturated rings. The first-order chi connectivity index (χ1) is 16.3. The van der Waals surface area contributed by atoms with Crippen molar-refractivity contribution in [2.24, 2.45) is 0 Å². The Morgan fingerprint density at radius 1 is 1.09 bits per heavy atom. The van der Waals surface area contributed by atoms with Crippen molar-refractivity contribution in [3.05, 3.63) is 88.2 Å². The Bertz CT molecular complexity index is 1230. The van der Waals surface area contributed by atoms with Crippen LogP contribution in [0.15, 0.2) is 54.6 Å². The predicted octanol–water partition coefficient (Wildman–Crippen LogP) is 4.37. The molecule has 1 atom stereocenters. The van der Waals surface area contributed by atoms with Crippen LogP contribution in [0.3, 0.4) is 0 Å². The van der Waals surface area contributed by atoms with Crippen molar-refractivity contribution in [3.8, 4) is 0 Å². The van der Waals surface area contributed by atoms with E-state index in [-0.39, 0.29) is 30.1 Å². The van der Waals surface area contributed by atoms with Crippen LogP contribution in [0.5, 0.6) is 0 Å². The number of carbonyl (C=O) groups is 2. The summed E-state index contributed by atoms with van der Waals surface area (Å²) in [5.74, 6) is -0.633. The van der Waals surface area contributed by atoms with E-state index in [4.69, 9.17) is 0 Å². The number of benzene rings is 2. The minimum Gasteiger partial charge on any atom is -0.344 e. The Hall–Kier alpha value is -3.62. The number of halogens is 3. The van der Waals surface area contributed by atoms with Crippen LogP contribution >= 0.6 is 0 Å². The third-order valence-corrected chi connectivity index (χ3v) is 6.43. The van der Waals surface area contributed by atoms with E-state index in [1.807, 2.05) is 18.2 Å². The molecule has 2 aromatic carbocycles. The summed E-state index contributed by atoms with van der Waals surface area (Å²) in [5, 5.41) is 7.39. The fraction of sp³-hybridized carbons (Fsp3) is 0.320. The molecule has 3 aromatic rings. The summed E-state index contributed by atoms with van der Waals surface area (Å²) >= 11 is 0. The molecule has 5 rings (SSSR count). The molecule has 0 unspecified atom stereocenters. The van der Waals surface area contributed by atoms with Crippen molar-refractivity contribution in [1.29, 1.82) is 0 Å². The molecule has 0 spiro atoms. The lowest BCUT2D eigenvalue weighted by molar-refractivity contribution is -0.137. The van der Waals surface area contributed by atoms with Crippen molar-refractivity contribution in [2.75, 3.05) is 6.54 Å². The number of hydrogen-bond donors (Lipinski definition) is 1. The van der Waals surface area contributed by atoms with Gasteiger partial charge in [0, 0.05) is 19.2 Å². The fourth-order valence-corrected chi connectivity index (χ4v) is 4.66. The summed E-state index contributed by atoms with van der Waals surface area (Å²) in [5.41, 5.74) is 2.70. The summed E-state index contributed by atoms with van der Waals surface area (Å²) in [7, 11) is 0. The van der Waals surface area contributed by atoms with Crippen molar-refractivity contribution >= 4 is 11.8 Å². The molecule has 0 bridgehead atoms. The maximum Gasteiger partial charge on any atom is 0.416 e. The number of nitrogens with zero attached hydrogens (tertiary/aromatic N) is 3.